The molecule has 1 unspecified atom stereocenters. The Morgan fingerprint density at radius 2 is 2.30 bits per heavy atom. The van der Waals surface area contributed by atoms with E-state index < -0.39 is 22.8 Å². The lowest BCUT2D eigenvalue weighted by Gasteiger charge is -2.34. The number of nitro benzene ring substituents is 1. The summed E-state index contributed by atoms with van der Waals surface area (Å²) in [6.07, 6.45) is 0. The molecule has 0 spiro atoms. The Bertz CT molecular complexity index is 569. The van der Waals surface area contributed by atoms with Crippen molar-refractivity contribution in [2.24, 2.45) is 0 Å². The fraction of sp³-hybridized carbons (Fsp3) is 0.364. The summed E-state index contributed by atoms with van der Waals surface area (Å²) in [5.74, 6) is -1.71. The van der Waals surface area contributed by atoms with E-state index in [1.807, 2.05) is 0 Å². The van der Waals surface area contributed by atoms with Gasteiger partial charge in [0.1, 0.15) is 17.5 Å². The Labute approximate surface area is 127 Å². The third-order valence-corrected chi connectivity index (χ3v) is 3.88. The number of piperazine rings is 1. The van der Waals surface area contributed by atoms with Crippen LogP contribution >= 0.6 is 22.6 Å². The van der Waals surface area contributed by atoms with Crippen molar-refractivity contribution in [2.75, 3.05) is 24.5 Å². The summed E-state index contributed by atoms with van der Waals surface area (Å²) in [5, 5.41) is 23.2. The second-order valence-electron chi connectivity index (χ2n) is 4.26. The molecule has 9 heteroatoms. The monoisotopic (exact) mass is 395 g/mol. The van der Waals surface area contributed by atoms with Gasteiger partial charge in [-0.2, -0.15) is 0 Å². The fourth-order valence-corrected chi connectivity index (χ4v) is 2.57. The van der Waals surface area contributed by atoms with Crippen molar-refractivity contribution in [2.45, 2.75) is 6.04 Å². The maximum atomic E-state index is 13.7. The zero-order valence-corrected chi connectivity index (χ0v) is 12.3. The average Bonchev–Trinajstić information content (AvgIpc) is 2.41. The number of aliphatic carboxylic acids is 1. The van der Waals surface area contributed by atoms with Crippen LogP contribution < -0.4 is 10.2 Å². The van der Waals surface area contributed by atoms with Gasteiger partial charge in [-0.1, -0.05) is 0 Å². The maximum Gasteiger partial charge on any atom is 0.327 e. The zero-order chi connectivity index (χ0) is 14.9. The number of nitro groups is 1. The molecule has 1 fully saturated rings. The molecule has 1 aliphatic rings. The van der Waals surface area contributed by atoms with Crippen molar-refractivity contribution in [1.82, 2.24) is 5.32 Å². The summed E-state index contributed by atoms with van der Waals surface area (Å²) in [7, 11) is 0. The van der Waals surface area contributed by atoms with Crippen molar-refractivity contribution in [3.63, 3.8) is 0 Å². The molecular formula is C11H11FIN3O4. The second kappa shape index (κ2) is 5.87. The summed E-state index contributed by atoms with van der Waals surface area (Å²) in [4.78, 5) is 23.0. The number of carboxylic acid groups (broad SMARTS) is 1. The van der Waals surface area contributed by atoms with Crippen LogP contribution in [0.5, 0.6) is 0 Å². The molecule has 1 aromatic carbocycles. The van der Waals surface area contributed by atoms with Gasteiger partial charge in [0.15, 0.2) is 0 Å². The number of nitrogens with zero attached hydrogens (tertiary/aromatic N) is 2. The van der Waals surface area contributed by atoms with Crippen LogP contribution in [-0.2, 0) is 4.79 Å². The molecule has 0 amide bonds. The van der Waals surface area contributed by atoms with E-state index in [4.69, 9.17) is 0 Å². The first-order chi connectivity index (χ1) is 9.41. The van der Waals surface area contributed by atoms with E-state index in [0.717, 1.165) is 12.1 Å². The second-order valence-corrected chi connectivity index (χ2v) is 5.43. The Kier molecular flexibility index (Phi) is 4.38. The summed E-state index contributed by atoms with van der Waals surface area (Å²) < 4.78 is 13.8. The Morgan fingerprint density at radius 3 is 2.90 bits per heavy atom. The Hall–Kier alpha value is -1.49. The highest BCUT2D eigenvalue weighted by atomic mass is 127. The lowest BCUT2D eigenvalue weighted by atomic mass is 10.1. The lowest BCUT2D eigenvalue weighted by molar-refractivity contribution is -0.384. The van der Waals surface area contributed by atoms with Gasteiger partial charge in [-0.25, -0.2) is 9.18 Å². The van der Waals surface area contributed by atoms with Gasteiger partial charge in [-0.15, -0.1) is 0 Å². The average molecular weight is 395 g/mol. The molecule has 0 bridgehead atoms. The largest absolute Gasteiger partial charge is 0.480 e. The number of rotatable bonds is 3. The number of carboxylic acids is 1. The Morgan fingerprint density at radius 1 is 1.60 bits per heavy atom. The maximum absolute atomic E-state index is 13.7. The number of benzene rings is 1. The van der Waals surface area contributed by atoms with Crippen molar-refractivity contribution in [1.29, 1.82) is 0 Å². The van der Waals surface area contributed by atoms with Gasteiger partial charge in [-0.05, 0) is 22.6 Å². The number of halogens is 2. The molecule has 2 N–H and O–H groups in total. The minimum absolute atomic E-state index is 0.00168. The SMILES string of the molecule is O=C(O)C1CNCCN1c1cc(F)c(I)cc1[N+](=O)[O-]. The van der Waals surface area contributed by atoms with Crippen molar-refractivity contribution >= 4 is 39.9 Å². The van der Waals surface area contributed by atoms with Crippen molar-refractivity contribution < 1.29 is 19.2 Å². The van der Waals surface area contributed by atoms with Gasteiger partial charge < -0.3 is 15.3 Å². The number of anilines is 1. The topological polar surface area (TPSA) is 95.7 Å². The lowest BCUT2D eigenvalue weighted by Crippen LogP contribution is -2.55. The number of carbonyl (C=O) groups is 1. The zero-order valence-electron chi connectivity index (χ0n) is 10.2. The van der Waals surface area contributed by atoms with Crippen LogP contribution in [0.2, 0.25) is 0 Å². The molecule has 0 aromatic heterocycles. The normalized spacial score (nSPS) is 18.9. The fourth-order valence-electron chi connectivity index (χ4n) is 2.12. The van der Waals surface area contributed by atoms with E-state index >= 15 is 0 Å². The summed E-state index contributed by atoms with van der Waals surface area (Å²) in [6, 6.07) is 1.19. The van der Waals surface area contributed by atoms with Gasteiger partial charge in [0.2, 0.25) is 0 Å². The van der Waals surface area contributed by atoms with Crippen LogP contribution in [0.15, 0.2) is 12.1 Å². The third kappa shape index (κ3) is 2.82. The molecule has 2 rings (SSSR count). The smallest absolute Gasteiger partial charge is 0.327 e. The minimum atomic E-state index is -1.11. The molecule has 1 atom stereocenters. The van der Waals surface area contributed by atoms with Crippen LogP contribution in [0.1, 0.15) is 0 Å². The van der Waals surface area contributed by atoms with Crippen LogP contribution in [0.25, 0.3) is 0 Å². The summed E-state index contributed by atoms with van der Waals surface area (Å²) in [5.41, 5.74) is -0.286. The molecule has 1 aliphatic heterocycles. The van der Waals surface area contributed by atoms with E-state index in [9.17, 15) is 24.4 Å². The highest BCUT2D eigenvalue weighted by Gasteiger charge is 2.33. The van der Waals surface area contributed by atoms with Crippen LogP contribution in [0.3, 0.4) is 0 Å². The molecular weight excluding hydrogens is 384 g/mol. The standard InChI is InChI=1S/C11H11FIN3O4/c12-6-3-8(9(16(19)20)4-7(6)13)15-2-1-14-5-10(15)11(17)18/h3-4,10,14H,1-2,5H2,(H,17,18). The molecule has 0 radical (unpaired) electrons. The van der Waals surface area contributed by atoms with Gasteiger partial charge in [0.05, 0.1) is 8.49 Å². The van der Waals surface area contributed by atoms with Gasteiger partial charge in [0, 0.05) is 31.8 Å². The quantitative estimate of drug-likeness (QED) is 0.454. The first kappa shape index (κ1) is 14.9. The van der Waals surface area contributed by atoms with Gasteiger partial charge in [0.25, 0.3) is 5.69 Å². The predicted octanol–water partition coefficient (Wildman–Crippen LogP) is 1.20. The van der Waals surface area contributed by atoms with E-state index in [1.165, 1.54) is 4.90 Å². The molecule has 0 saturated carbocycles. The van der Waals surface area contributed by atoms with Crippen LogP contribution in [-0.4, -0.2) is 41.7 Å². The third-order valence-electron chi connectivity index (χ3n) is 3.05. The number of hydrogen-bond donors (Lipinski definition) is 2. The highest BCUT2D eigenvalue weighted by Crippen LogP contribution is 2.33. The first-order valence-electron chi connectivity index (χ1n) is 5.75. The van der Waals surface area contributed by atoms with Crippen molar-refractivity contribution in [3.05, 3.63) is 31.6 Å². The van der Waals surface area contributed by atoms with Crippen molar-refractivity contribution in [3.8, 4) is 0 Å². The van der Waals surface area contributed by atoms with Crippen LogP contribution in [0.4, 0.5) is 15.8 Å². The molecule has 0 aliphatic carbocycles. The molecule has 1 saturated heterocycles. The van der Waals surface area contributed by atoms with Gasteiger partial charge >= 0.3 is 5.97 Å². The molecule has 108 valence electrons. The number of hydrogen-bond acceptors (Lipinski definition) is 5. The summed E-state index contributed by atoms with van der Waals surface area (Å²) in [6.45, 7) is 0.895. The first-order valence-corrected chi connectivity index (χ1v) is 6.83. The summed E-state index contributed by atoms with van der Waals surface area (Å²) >= 11 is 1.66. The van der Waals surface area contributed by atoms with E-state index in [2.05, 4.69) is 5.32 Å². The molecule has 20 heavy (non-hydrogen) atoms. The molecule has 1 heterocycles. The highest BCUT2D eigenvalue weighted by molar-refractivity contribution is 14.1. The van der Waals surface area contributed by atoms with Gasteiger partial charge in [-0.3, -0.25) is 10.1 Å². The Balaban J connectivity index is 2.51. The predicted molar refractivity (Wildman–Crippen MR) is 77.4 cm³/mol. The van der Waals surface area contributed by atoms with E-state index in [-0.39, 0.29) is 28.0 Å². The molecule has 1 aromatic rings. The molecule has 7 nitrogen and oxygen atoms in total. The van der Waals surface area contributed by atoms with E-state index in [1.54, 1.807) is 22.6 Å². The van der Waals surface area contributed by atoms with E-state index in [0.29, 0.717) is 6.54 Å². The minimum Gasteiger partial charge on any atom is -0.480 e. The van der Waals surface area contributed by atoms with Crippen LogP contribution in [0, 0.1) is 19.5 Å². The number of nitrogens with one attached hydrogen (secondary N) is 1.